The van der Waals surface area contributed by atoms with Gasteiger partial charge in [0.25, 0.3) is 5.91 Å². The first-order valence-corrected chi connectivity index (χ1v) is 8.74. The Balaban J connectivity index is 2.44. The molecule has 6 heteroatoms. The van der Waals surface area contributed by atoms with Crippen LogP contribution in [0.1, 0.15) is 58.8 Å². The lowest BCUT2D eigenvalue weighted by Gasteiger charge is -2.24. The van der Waals surface area contributed by atoms with Crippen LogP contribution in [0, 0.1) is 0 Å². The topological polar surface area (TPSA) is 56.0 Å². The molecule has 0 fully saturated rings. The highest BCUT2D eigenvalue weighted by molar-refractivity contribution is 6.00. The Kier molecular flexibility index (Phi) is 5.50. The minimum atomic E-state index is -0.181. The van der Waals surface area contributed by atoms with Gasteiger partial charge in [-0.1, -0.05) is 20.4 Å². The average Bonchev–Trinajstić information content (AvgIpc) is 3.18. The highest BCUT2D eigenvalue weighted by atomic mass is 16.2. The monoisotopic (exact) mass is 343 g/mol. The molecule has 0 saturated heterocycles. The van der Waals surface area contributed by atoms with Crippen molar-refractivity contribution < 1.29 is 4.79 Å². The Labute approximate surface area is 150 Å². The van der Waals surface area contributed by atoms with E-state index in [1.54, 1.807) is 4.90 Å². The molecule has 0 spiro atoms. The van der Waals surface area contributed by atoms with E-state index < -0.39 is 0 Å². The van der Waals surface area contributed by atoms with Crippen LogP contribution >= 0.6 is 0 Å². The quantitative estimate of drug-likeness (QED) is 0.752. The number of rotatable bonds is 6. The molecule has 2 rings (SSSR count). The molecule has 0 aliphatic rings. The Morgan fingerprint density at radius 1 is 1.36 bits per heavy atom. The van der Waals surface area contributed by atoms with E-state index in [1.807, 2.05) is 34.6 Å². The van der Waals surface area contributed by atoms with Crippen molar-refractivity contribution in [2.45, 2.75) is 66.1 Å². The standard InChI is InChI=1S/C19H29N5O/c1-8-18(25)23(13-15-10-11-22(9-2)20-15)17-12-16(14(3)4)24(21-17)19(5,6)7/h8,10-12,14H,1,9,13H2,2-7H3. The minimum Gasteiger partial charge on any atom is -0.286 e. The maximum atomic E-state index is 12.5. The van der Waals surface area contributed by atoms with Gasteiger partial charge in [-0.2, -0.15) is 10.2 Å². The van der Waals surface area contributed by atoms with E-state index in [2.05, 4.69) is 46.3 Å². The van der Waals surface area contributed by atoms with Crippen LogP contribution in [-0.4, -0.2) is 25.5 Å². The Bertz CT molecular complexity index is 748. The zero-order valence-corrected chi connectivity index (χ0v) is 16.2. The summed E-state index contributed by atoms with van der Waals surface area (Å²) in [6.45, 7) is 17.4. The molecular weight excluding hydrogens is 314 g/mol. The van der Waals surface area contributed by atoms with Crippen LogP contribution in [-0.2, 0) is 23.4 Å². The summed E-state index contributed by atoms with van der Waals surface area (Å²) < 4.78 is 3.85. The average molecular weight is 343 g/mol. The number of hydrogen-bond acceptors (Lipinski definition) is 3. The molecule has 0 aliphatic carbocycles. The largest absolute Gasteiger partial charge is 0.286 e. The van der Waals surface area contributed by atoms with E-state index in [4.69, 9.17) is 5.10 Å². The Hall–Kier alpha value is -2.37. The summed E-state index contributed by atoms with van der Waals surface area (Å²) in [5, 5.41) is 9.21. The van der Waals surface area contributed by atoms with Gasteiger partial charge in [-0.05, 0) is 45.8 Å². The van der Waals surface area contributed by atoms with Crippen molar-refractivity contribution >= 4 is 11.7 Å². The van der Waals surface area contributed by atoms with E-state index in [0.29, 0.717) is 18.3 Å². The molecule has 0 radical (unpaired) electrons. The molecule has 136 valence electrons. The summed E-state index contributed by atoms with van der Waals surface area (Å²) in [5.41, 5.74) is 1.77. The number of carbonyl (C=O) groups excluding carboxylic acids is 1. The first kappa shape index (κ1) is 19.0. The normalized spacial score (nSPS) is 11.8. The van der Waals surface area contributed by atoms with Crippen LogP contribution in [0.4, 0.5) is 5.82 Å². The molecule has 0 bridgehead atoms. The van der Waals surface area contributed by atoms with Gasteiger partial charge in [0.15, 0.2) is 5.82 Å². The molecule has 0 N–H and O–H groups in total. The van der Waals surface area contributed by atoms with Gasteiger partial charge in [-0.15, -0.1) is 0 Å². The third-order valence-electron chi connectivity index (χ3n) is 4.01. The fourth-order valence-corrected chi connectivity index (χ4v) is 2.67. The van der Waals surface area contributed by atoms with Crippen LogP contribution in [0.5, 0.6) is 0 Å². The molecular formula is C19H29N5O. The predicted molar refractivity (Wildman–Crippen MR) is 101 cm³/mol. The van der Waals surface area contributed by atoms with Gasteiger partial charge in [-0.25, -0.2) is 0 Å². The second-order valence-electron chi connectivity index (χ2n) is 7.46. The van der Waals surface area contributed by atoms with E-state index in [0.717, 1.165) is 17.9 Å². The fourth-order valence-electron chi connectivity index (χ4n) is 2.67. The second kappa shape index (κ2) is 7.25. The van der Waals surface area contributed by atoms with Gasteiger partial charge in [0.1, 0.15) is 0 Å². The summed E-state index contributed by atoms with van der Waals surface area (Å²) in [5.74, 6) is 0.759. The highest BCUT2D eigenvalue weighted by Gasteiger charge is 2.25. The summed E-state index contributed by atoms with van der Waals surface area (Å²) in [6.07, 6.45) is 3.24. The van der Waals surface area contributed by atoms with E-state index >= 15 is 0 Å². The third kappa shape index (κ3) is 4.18. The maximum Gasteiger partial charge on any atom is 0.251 e. The van der Waals surface area contributed by atoms with Crippen molar-refractivity contribution in [1.82, 2.24) is 19.6 Å². The number of nitrogens with zero attached hydrogens (tertiary/aromatic N) is 5. The molecule has 0 saturated carbocycles. The second-order valence-corrected chi connectivity index (χ2v) is 7.46. The van der Waals surface area contributed by atoms with Gasteiger partial charge in [-0.3, -0.25) is 19.1 Å². The highest BCUT2D eigenvalue weighted by Crippen LogP contribution is 2.28. The lowest BCUT2D eigenvalue weighted by molar-refractivity contribution is -0.114. The number of aromatic nitrogens is 4. The molecule has 2 aromatic heterocycles. The van der Waals surface area contributed by atoms with Crippen molar-refractivity contribution in [3.8, 4) is 0 Å². The predicted octanol–water partition coefficient (Wildman–Crippen LogP) is 3.70. The van der Waals surface area contributed by atoms with Crippen LogP contribution < -0.4 is 4.90 Å². The molecule has 0 aromatic carbocycles. The van der Waals surface area contributed by atoms with Gasteiger partial charge >= 0.3 is 0 Å². The summed E-state index contributed by atoms with van der Waals surface area (Å²) in [4.78, 5) is 14.1. The number of carbonyl (C=O) groups is 1. The molecule has 25 heavy (non-hydrogen) atoms. The maximum absolute atomic E-state index is 12.5. The molecule has 6 nitrogen and oxygen atoms in total. The van der Waals surface area contributed by atoms with Crippen molar-refractivity contribution in [2.75, 3.05) is 4.90 Å². The van der Waals surface area contributed by atoms with Crippen LogP contribution in [0.15, 0.2) is 31.0 Å². The first-order chi connectivity index (χ1) is 11.7. The van der Waals surface area contributed by atoms with Crippen LogP contribution in [0.2, 0.25) is 0 Å². The number of hydrogen-bond donors (Lipinski definition) is 0. The van der Waals surface area contributed by atoms with Crippen molar-refractivity contribution in [3.63, 3.8) is 0 Å². The molecule has 2 aromatic rings. The molecule has 0 aliphatic heterocycles. The van der Waals surface area contributed by atoms with Gasteiger partial charge in [0.2, 0.25) is 0 Å². The third-order valence-corrected chi connectivity index (χ3v) is 4.01. The fraction of sp³-hybridized carbons (Fsp3) is 0.526. The molecule has 2 heterocycles. The molecule has 0 unspecified atom stereocenters. The number of anilines is 1. The van der Waals surface area contributed by atoms with Crippen molar-refractivity contribution in [3.05, 3.63) is 42.4 Å². The Morgan fingerprint density at radius 3 is 2.48 bits per heavy atom. The SMILES string of the molecule is C=CC(=O)N(Cc1ccn(CC)n1)c1cc(C(C)C)n(C(C)(C)C)n1. The van der Waals surface area contributed by atoms with Gasteiger partial charge in [0, 0.05) is 24.5 Å². The van der Waals surface area contributed by atoms with Crippen molar-refractivity contribution in [2.24, 2.45) is 0 Å². The van der Waals surface area contributed by atoms with Crippen molar-refractivity contribution in [1.29, 1.82) is 0 Å². The number of amides is 1. The zero-order chi connectivity index (χ0) is 18.8. The van der Waals surface area contributed by atoms with E-state index in [9.17, 15) is 4.79 Å². The van der Waals surface area contributed by atoms with E-state index in [1.165, 1.54) is 6.08 Å². The first-order valence-electron chi connectivity index (χ1n) is 8.74. The smallest absolute Gasteiger partial charge is 0.251 e. The summed E-state index contributed by atoms with van der Waals surface area (Å²) in [6, 6.07) is 3.92. The van der Waals surface area contributed by atoms with E-state index in [-0.39, 0.29) is 11.4 Å². The van der Waals surface area contributed by atoms with Gasteiger partial charge in [0.05, 0.1) is 17.8 Å². The Morgan fingerprint density at radius 2 is 2.04 bits per heavy atom. The zero-order valence-electron chi connectivity index (χ0n) is 16.2. The summed E-state index contributed by atoms with van der Waals surface area (Å²) in [7, 11) is 0. The lowest BCUT2D eigenvalue weighted by atomic mass is 10.1. The van der Waals surface area contributed by atoms with Crippen LogP contribution in [0.3, 0.4) is 0 Å². The van der Waals surface area contributed by atoms with Crippen LogP contribution in [0.25, 0.3) is 0 Å². The van der Waals surface area contributed by atoms with Gasteiger partial charge < -0.3 is 0 Å². The molecule has 0 atom stereocenters. The lowest BCUT2D eigenvalue weighted by Crippen LogP contribution is -2.30. The summed E-state index contributed by atoms with van der Waals surface area (Å²) >= 11 is 0. The molecule has 1 amide bonds. The number of aryl methyl sites for hydroxylation is 1. The minimum absolute atomic E-state index is 0.162.